The summed E-state index contributed by atoms with van der Waals surface area (Å²) in [4.78, 5) is 24.7. The van der Waals surface area contributed by atoms with E-state index in [2.05, 4.69) is 133 Å². The second kappa shape index (κ2) is 13.3. The quantitative estimate of drug-likeness (QED) is 0.160. The predicted octanol–water partition coefficient (Wildman–Crippen LogP) is 13.0. The van der Waals surface area contributed by atoms with Crippen LogP contribution in [0.4, 0.5) is 0 Å². The summed E-state index contributed by atoms with van der Waals surface area (Å²) in [6.45, 7) is 0. The predicted molar refractivity (Wildman–Crippen MR) is 236 cm³/mol. The highest BCUT2D eigenvalue weighted by atomic mass is 16.1. The van der Waals surface area contributed by atoms with E-state index in [9.17, 15) is 4.79 Å². The van der Waals surface area contributed by atoms with Gasteiger partial charge in [0.1, 0.15) is 0 Å². The Hall–Kier alpha value is -7.69. The van der Waals surface area contributed by atoms with Crippen molar-refractivity contribution in [3.63, 3.8) is 0 Å². The van der Waals surface area contributed by atoms with E-state index >= 15 is 0 Å². The molecule has 0 saturated heterocycles. The number of hydrogen-bond acceptors (Lipinski definition) is 3. The molecule has 266 valence electrons. The largest absolute Gasteiger partial charge is 0.275 e. The number of nitrogens with zero attached hydrogens (tertiary/aromatic N) is 3. The monoisotopic (exact) mass is 727 g/mol. The molecule has 0 aliphatic rings. The number of pyridine rings is 3. The average molecular weight is 728 g/mol. The minimum atomic E-state index is -0.0122. The zero-order chi connectivity index (χ0) is 37.9. The average Bonchev–Trinajstić information content (AvgIpc) is 3.63. The van der Waals surface area contributed by atoms with E-state index in [1.54, 1.807) is 0 Å². The van der Waals surface area contributed by atoms with Crippen LogP contribution in [0.25, 0.3) is 105 Å². The minimum absolute atomic E-state index is 0.0122. The van der Waals surface area contributed by atoms with Crippen molar-refractivity contribution in [2.45, 2.75) is 0 Å². The molecule has 0 fully saturated rings. The van der Waals surface area contributed by atoms with Crippen molar-refractivity contribution in [1.29, 1.82) is 0 Å². The molecule has 11 rings (SSSR count). The first-order valence-corrected chi connectivity index (χ1v) is 19.2. The fourth-order valence-electron chi connectivity index (χ4n) is 8.36. The lowest BCUT2D eigenvalue weighted by Crippen LogP contribution is -2.12. The molecule has 4 heterocycles. The van der Waals surface area contributed by atoms with E-state index in [1.807, 2.05) is 71.1 Å². The van der Waals surface area contributed by atoms with Crippen LogP contribution in [0.15, 0.2) is 205 Å². The molecular formula is C53H33N3O. The number of benzene rings is 7. The van der Waals surface area contributed by atoms with Crippen molar-refractivity contribution < 1.29 is 0 Å². The lowest BCUT2D eigenvalue weighted by molar-refractivity contribution is 1.21. The lowest BCUT2D eigenvalue weighted by Gasteiger charge is -2.12. The van der Waals surface area contributed by atoms with Gasteiger partial charge in [0.2, 0.25) is 0 Å². The van der Waals surface area contributed by atoms with E-state index < -0.39 is 0 Å². The van der Waals surface area contributed by atoms with E-state index in [1.165, 1.54) is 0 Å². The molecule has 4 aromatic heterocycles. The molecule has 0 radical (unpaired) electrons. The third kappa shape index (κ3) is 5.58. The summed E-state index contributed by atoms with van der Waals surface area (Å²) in [6, 6.07) is 69.1. The Morgan fingerprint density at radius 2 is 0.667 bits per heavy atom. The van der Waals surface area contributed by atoms with Gasteiger partial charge in [-0.1, -0.05) is 146 Å². The smallest absolute Gasteiger partial charge is 0.263 e. The van der Waals surface area contributed by atoms with Crippen molar-refractivity contribution in [3.05, 3.63) is 211 Å². The summed E-state index contributed by atoms with van der Waals surface area (Å²) < 4.78 is 1.92. The highest BCUT2D eigenvalue weighted by molar-refractivity contribution is 6.22. The van der Waals surface area contributed by atoms with Crippen molar-refractivity contribution in [2.24, 2.45) is 0 Å². The van der Waals surface area contributed by atoms with Crippen molar-refractivity contribution in [3.8, 4) is 67.3 Å². The third-order valence-electron chi connectivity index (χ3n) is 11.1. The molecule has 7 aromatic carbocycles. The van der Waals surface area contributed by atoms with Crippen LogP contribution in [0.5, 0.6) is 0 Å². The standard InChI is InChI=1S/C53H33N3O/c57-53-43-24-14-13-23-42(43)45-28-39(41-32-49(36-19-9-3-10-20-36)55-50(33-41)37-21-11-4-12-22-37)29-46-44-27-38(25-26-51(44)56(53)52(45)46)40-30-47(34-15-5-1-6-16-34)54-48(31-40)35-17-7-2-8-18-35/h1-33H. The summed E-state index contributed by atoms with van der Waals surface area (Å²) in [7, 11) is 0. The second-order valence-corrected chi connectivity index (χ2v) is 14.6. The number of hydrogen-bond donors (Lipinski definition) is 0. The summed E-state index contributed by atoms with van der Waals surface area (Å²) >= 11 is 0. The van der Waals surface area contributed by atoms with Gasteiger partial charge < -0.3 is 0 Å². The van der Waals surface area contributed by atoms with Gasteiger partial charge in [-0.2, -0.15) is 0 Å². The van der Waals surface area contributed by atoms with E-state index in [-0.39, 0.29) is 5.56 Å². The Morgan fingerprint density at radius 3 is 1.14 bits per heavy atom. The Kier molecular flexibility index (Phi) is 7.61. The van der Waals surface area contributed by atoms with Gasteiger partial charge in [0.05, 0.1) is 33.8 Å². The first-order valence-electron chi connectivity index (χ1n) is 19.2. The zero-order valence-corrected chi connectivity index (χ0v) is 30.8. The molecule has 0 aliphatic heterocycles. The topological polar surface area (TPSA) is 47.3 Å². The first kappa shape index (κ1) is 32.7. The SMILES string of the molecule is O=c1c2ccccc2c2cc(-c3cc(-c4ccccc4)nc(-c4ccccc4)c3)cc3c4cc(-c5cc(-c6ccccc6)nc(-c6ccccc6)c5)ccc4n1c23. The van der Waals surface area contributed by atoms with Gasteiger partial charge in [0.15, 0.2) is 0 Å². The Bertz CT molecular complexity index is 3230. The van der Waals surface area contributed by atoms with Crippen LogP contribution in [0, 0.1) is 0 Å². The molecule has 0 amide bonds. The normalized spacial score (nSPS) is 11.6. The Balaban J connectivity index is 1.19. The van der Waals surface area contributed by atoms with Crippen molar-refractivity contribution >= 4 is 38.0 Å². The maximum atomic E-state index is 14.4. The van der Waals surface area contributed by atoms with Gasteiger partial charge >= 0.3 is 0 Å². The van der Waals surface area contributed by atoms with E-state index in [0.29, 0.717) is 5.39 Å². The van der Waals surface area contributed by atoms with Crippen LogP contribution in [0.1, 0.15) is 0 Å². The first-order chi connectivity index (χ1) is 28.2. The Morgan fingerprint density at radius 1 is 0.298 bits per heavy atom. The molecule has 0 spiro atoms. The molecule has 0 aliphatic carbocycles. The van der Waals surface area contributed by atoms with E-state index in [4.69, 9.17) is 9.97 Å². The zero-order valence-electron chi connectivity index (χ0n) is 30.8. The summed E-state index contributed by atoms with van der Waals surface area (Å²) in [6.07, 6.45) is 0. The summed E-state index contributed by atoms with van der Waals surface area (Å²) in [5.74, 6) is 0. The van der Waals surface area contributed by atoms with Crippen LogP contribution in [-0.4, -0.2) is 14.4 Å². The van der Waals surface area contributed by atoms with Crippen molar-refractivity contribution in [1.82, 2.24) is 14.4 Å². The van der Waals surface area contributed by atoms with Gasteiger partial charge in [-0.25, -0.2) is 9.97 Å². The molecule has 0 unspecified atom stereocenters. The minimum Gasteiger partial charge on any atom is -0.275 e. The molecule has 0 saturated carbocycles. The molecule has 0 bridgehead atoms. The van der Waals surface area contributed by atoms with Gasteiger partial charge in [-0.05, 0) is 82.2 Å². The highest BCUT2D eigenvalue weighted by Crippen LogP contribution is 2.41. The number of rotatable bonds is 6. The fraction of sp³-hybridized carbons (Fsp3) is 0. The van der Waals surface area contributed by atoms with Crippen LogP contribution in [0.2, 0.25) is 0 Å². The molecule has 57 heavy (non-hydrogen) atoms. The van der Waals surface area contributed by atoms with E-state index in [0.717, 1.165) is 99.9 Å². The maximum Gasteiger partial charge on any atom is 0.263 e. The second-order valence-electron chi connectivity index (χ2n) is 14.6. The van der Waals surface area contributed by atoms with Gasteiger partial charge in [-0.3, -0.25) is 9.20 Å². The molecule has 4 nitrogen and oxygen atoms in total. The number of aromatic nitrogens is 3. The van der Waals surface area contributed by atoms with Crippen LogP contribution in [0.3, 0.4) is 0 Å². The summed E-state index contributed by atoms with van der Waals surface area (Å²) in [5, 5.41) is 4.73. The molecular weight excluding hydrogens is 695 g/mol. The third-order valence-corrected chi connectivity index (χ3v) is 11.1. The van der Waals surface area contributed by atoms with Crippen LogP contribution in [-0.2, 0) is 0 Å². The fourth-order valence-corrected chi connectivity index (χ4v) is 8.36. The number of fused-ring (bicyclic) bond motifs is 5. The molecule has 11 aromatic rings. The van der Waals surface area contributed by atoms with Crippen LogP contribution < -0.4 is 5.56 Å². The highest BCUT2D eigenvalue weighted by Gasteiger charge is 2.20. The molecule has 0 N–H and O–H groups in total. The van der Waals surface area contributed by atoms with Gasteiger partial charge in [0, 0.05) is 43.8 Å². The Labute approximate surface area is 329 Å². The summed E-state index contributed by atoms with van der Waals surface area (Å²) in [5.41, 5.74) is 13.9. The van der Waals surface area contributed by atoms with Crippen LogP contribution >= 0.6 is 0 Å². The molecule has 0 atom stereocenters. The van der Waals surface area contributed by atoms with Gasteiger partial charge in [-0.15, -0.1) is 0 Å². The van der Waals surface area contributed by atoms with Gasteiger partial charge in [0.25, 0.3) is 5.56 Å². The maximum absolute atomic E-state index is 14.4. The molecule has 4 heteroatoms. The lowest BCUT2D eigenvalue weighted by atomic mass is 9.95. The van der Waals surface area contributed by atoms with Crippen molar-refractivity contribution in [2.75, 3.05) is 0 Å².